The molecule has 36 heteroatoms. The highest BCUT2D eigenvalue weighted by atomic mass is 33.1. The lowest BCUT2D eigenvalue weighted by Gasteiger charge is -2.31. The first-order valence-corrected chi connectivity index (χ1v) is 36.0. The van der Waals surface area contributed by atoms with Gasteiger partial charge in [-0.25, -0.2) is 4.79 Å². The van der Waals surface area contributed by atoms with E-state index in [9.17, 15) is 82.4 Å². The number of phenols is 1. The second kappa shape index (κ2) is 37.5. The zero-order valence-electron chi connectivity index (χ0n) is 52.8. The minimum absolute atomic E-state index is 0.00354. The van der Waals surface area contributed by atoms with Gasteiger partial charge in [-0.3, -0.25) is 62.3 Å². The lowest BCUT2D eigenvalue weighted by Crippen LogP contribution is -2.61. The van der Waals surface area contributed by atoms with Crippen molar-refractivity contribution in [1.29, 1.82) is 0 Å². The molecule has 4 fully saturated rings. The Hall–Kier alpha value is -7.80. The van der Waals surface area contributed by atoms with Gasteiger partial charge in [0.15, 0.2) is 0 Å². The standard InChI is InChI=1S/C59H84N14O18S4/c1-29(2)20-36-52(82)69-40-26-93-92-25-39(50(80)62-23-45(77)64-37(21-31-10-12-32(74)13-11-31)53(83)65-34(51(81)66-36)9-5-6-17-60)68-55(85)41(70-56(86)47(30(3)4)72-46(78)24-61-49(79)35-14-15-44(76)63-35)27-94-95-28-42(59(89)90)71-57(87)48-43(75)16-18-73(48)58(88)38(67-54(40)84)22-33-8-7-19-91-33/h7-8,10-13,19,29-30,34-43,47-48,74-75H,5-6,9,14-18,20-28,60H2,1-4H3,(H,61,79)(H,62,80)(H,63,76)(H,64,77)(H,65,83)(H,66,81)(H,67,84)(H,68,85)(H,69,82)(H,70,86)(H,71,87)(H,72,78)(H,89,90)/t34-,35-,36-,37-,38-,39-,40-,41-,42-,43-,47-,48-/m0/s1. The Morgan fingerprint density at radius 1 is 0.674 bits per heavy atom. The number of unbranched alkanes of at least 4 members (excludes halogenated alkanes) is 1. The summed E-state index contributed by atoms with van der Waals surface area (Å²) in [5, 5.41) is 62.6. The zero-order valence-corrected chi connectivity index (χ0v) is 56.0. The van der Waals surface area contributed by atoms with Gasteiger partial charge in [0, 0.05) is 48.8 Å². The van der Waals surface area contributed by atoms with Crippen LogP contribution in [0.3, 0.4) is 0 Å². The van der Waals surface area contributed by atoms with Crippen molar-refractivity contribution in [2.24, 2.45) is 17.6 Å². The van der Waals surface area contributed by atoms with Crippen LogP contribution in [0.5, 0.6) is 5.75 Å². The van der Waals surface area contributed by atoms with Gasteiger partial charge in [-0.15, -0.1) is 0 Å². The number of phenolic OH excluding ortho intramolecular Hbond substituents is 1. The molecule has 12 atom stereocenters. The molecule has 2 bridgehead atoms. The number of nitrogens with one attached hydrogen (secondary N) is 12. The molecule has 5 heterocycles. The average Bonchev–Trinajstić information content (AvgIpc) is 1.73. The predicted molar refractivity (Wildman–Crippen MR) is 350 cm³/mol. The first-order chi connectivity index (χ1) is 45.2. The SMILES string of the molecule is CC(C)C[C@@H]1NC(=O)[C@H](CCCCN)NC(=O)[C@H](Cc2ccc(O)cc2)NC(=O)CNC(=O)[C@@H]2CSSC[C@H](NC1=O)C(=O)N[C@@H](Cc1ccco1)C(=O)N1CC[C@H](O)[C@H]1C(=O)N[C@H](C(=O)O)CSSC[C@H](NC(=O)[C@@H](NC(=O)CNC(=O)[C@@H]1CCC(=O)N1)C(C)C)C(=O)N2. The number of aliphatic hydroxyl groups excluding tert-OH is 1. The van der Waals surface area contributed by atoms with E-state index in [2.05, 4.69) is 63.8 Å². The first kappa shape index (κ1) is 76.2. The molecule has 0 aliphatic carbocycles. The zero-order chi connectivity index (χ0) is 69.5. The molecule has 0 spiro atoms. The van der Waals surface area contributed by atoms with Crippen LogP contribution in [0.1, 0.15) is 84.0 Å². The Balaban J connectivity index is 1.41. The molecular weight excluding hydrogens is 1320 g/mol. The fourth-order valence-electron chi connectivity index (χ4n) is 10.4. The number of hydrogen-bond donors (Lipinski definition) is 16. The molecule has 4 aliphatic heterocycles. The quantitative estimate of drug-likeness (QED) is 0.0505. The van der Waals surface area contributed by atoms with Gasteiger partial charge >= 0.3 is 5.97 Å². The number of carboxylic acids is 1. The maximum absolute atomic E-state index is 15.0. The number of carbonyl (C=O) groups is 14. The largest absolute Gasteiger partial charge is 0.508 e. The minimum atomic E-state index is -1.71. The summed E-state index contributed by atoms with van der Waals surface area (Å²) < 4.78 is 5.57. The fraction of sp³-hybridized carbons (Fsp3) is 0.593. The molecule has 95 heavy (non-hydrogen) atoms. The predicted octanol–water partition coefficient (Wildman–Crippen LogP) is -3.69. The maximum Gasteiger partial charge on any atom is 0.327 e. The third kappa shape index (κ3) is 23.8. The smallest absolute Gasteiger partial charge is 0.327 e. The molecule has 0 unspecified atom stereocenters. The Morgan fingerprint density at radius 2 is 1.32 bits per heavy atom. The van der Waals surface area contributed by atoms with Gasteiger partial charge in [-0.2, -0.15) is 0 Å². The van der Waals surface area contributed by atoms with E-state index in [4.69, 9.17) is 10.2 Å². The van der Waals surface area contributed by atoms with Gasteiger partial charge < -0.3 is 94.2 Å². The van der Waals surface area contributed by atoms with E-state index < -0.39 is 180 Å². The van der Waals surface area contributed by atoms with Crippen LogP contribution in [-0.4, -0.2) is 225 Å². The average molecular weight is 1410 g/mol. The summed E-state index contributed by atoms with van der Waals surface area (Å²) in [6.07, 6.45) is 0.0964. The number of furan rings is 1. The summed E-state index contributed by atoms with van der Waals surface area (Å²) in [5.41, 5.74) is 6.27. The molecule has 0 saturated carbocycles. The van der Waals surface area contributed by atoms with Crippen molar-refractivity contribution >= 4 is 126 Å². The van der Waals surface area contributed by atoms with Gasteiger partial charge in [-0.1, -0.05) is 83.0 Å². The van der Waals surface area contributed by atoms with E-state index in [1.807, 2.05) is 0 Å². The molecule has 4 saturated heterocycles. The van der Waals surface area contributed by atoms with Crippen LogP contribution in [0, 0.1) is 11.8 Å². The molecule has 6 rings (SSSR count). The molecule has 32 nitrogen and oxygen atoms in total. The number of amides is 13. The first-order valence-electron chi connectivity index (χ1n) is 31.0. The van der Waals surface area contributed by atoms with E-state index in [-0.39, 0.29) is 92.9 Å². The minimum Gasteiger partial charge on any atom is -0.508 e. The van der Waals surface area contributed by atoms with Gasteiger partial charge in [0.05, 0.1) is 25.5 Å². The third-order valence-corrected chi connectivity index (χ3v) is 20.4. The second-order valence-corrected chi connectivity index (χ2v) is 28.9. The second-order valence-electron chi connectivity index (χ2n) is 23.8. The van der Waals surface area contributed by atoms with Crippen LogP contribution >= 0.6 is 43.2 Å². The van der Waals surface area contributed by atoms with E-state index in [1.165, 1.54) is 42.7 Å². The Labute approximate surface area is 563 Å². The van der Waals surface area contributed by atoms with Crippen molar-refractivity contribution in [1.82, 2.24) is 68.7 Å². The van der Waals surface area contributed by atoms with E-state index in [0.29, 0.717) is 18.4 Å². The Bertz CT molecular complexity index is 3080. The number of aliphatic carboxylic acids is 1. The maximum atomic E-state index is 15.0. The van der Waals surface area contributed by atoms with Crippen LogP contribution in [0.4, 0.5) is 0 Å². The van der Waals surface area contributed by atoms with Crippen LogP contribution in [-0.2, 0) is 80.0 Å². The highest BCUT2D eigenvalue weighted by Crippen LogP contribution is 2.27. The molecule has 13 amide bonds. The number of aromatic hydroxyl groups is 1. The van der Waals surface area contributed by atoms with E-state index >= 15 is 0 Å². The van der Waals surface area contributed by atoms with Crippen molar-refractivity contribution < 1.29 is 86.9 Å². The Morgan fingerprint density at radius 3 is 1.96 bits per heavy atom. The monoisotopic (exact) mass is 1400 g/mol. The number of hydrogen-bond acceptors (Lipinski definition) is 22. The number of carbonyl (C=O) groups excluding carboxylic acids is 13. The lowest BCUT2D eigenvalue weighted by atomic mass is 10.0. The normalized spacial score (nSPS) is 26.4. The topological polar surface area (TPSA) is 486 Å². The van der Waals surface area contributed by atoms with Crippen molar-refractivity contribution in [3.63, 3.8) is 0 Å². The molecular formula is C59H84N14O18S4. The van der Waals surface area contributed by atoms with Gasteiger partial charge in [0.25, 0.3) is 0 Å². The summed E-state index contributed by atoms with van der Waals surface area (Å²) in [4.78, 5) is 197. The van der Waals surface area contributed by atoms with Crippen LogP contribution in [0.15, 0.2) is 47.1 Å². The van der Waals surface area contributed by atoms with Gasteiger partial charge in [0.2, 0.25) is 76.8 Å². The number of fused-ring (bicyclic) bond motifs is 6. The van der Waals surface area contributed by atoms with Crippen LogP contribution in [0.25, 0.3) is 0 Å². The van der Waals surface area contributed by atoms with Gasteiger partial charge in [0.1, 0.15) is 78.0 Å². The molecule has 1 aromatic heterocycles. The van der Waals surface area contributed by atoms with E-state index in [1.54, 1.807) is 27.7 Å². The number of aliphatic hydroxyl groups is 1. The molecule has 17 N–H and O–H groups in total. The highest BCUT2D eigenvalue weighted by Gasteiger charge is 2.45. The van der Waals surface area contributed by atoms with Gasteiger partial charge in [-0.05, 0) is 86.7 Å². The Kier molecular flexibility index (Phi) is 30.1. The number of benzene rings is 1. The highest BCUT2D eigenvalue weighted by molar-refractivity contribution is 8.77. The van der Waals surface area contributed by atoms with Crippen molar-refractivity contribution in [3.05, 3.63) is 54.0 Å². The summed E-state index contributed by atoms with van der Waals surface area (Å²) >= 11 is 0. The molecule has 4 aliphatic rings. The summed E-state index contributed by atoms with van der Waals surface area (Å²) in [6, 6.07) is -7.55. The van der Waals surface area contributed by atoms with Crippen molar-refractivity contribution in [2.75, 3.05) is 49.2 Å². The molecule has 2 aromatic rings. The van der Waals surface area contributed by atoms with Crippen molar-refractivity contribution in [2.45, 2.75) is 158 Å². The number of nitrogens with two attached hydrogens (primary N) is 1. The number of rotatable bonds is 18. The number of carboxylic acid groups (broad SMARTS) is 1. The number of nitrogens with zero attached hydrogens (tertiary/aromatic N) is 1. The summed E-state index contributed by atoms with van der Waals surface area (Å²) in [5.74, 6) is -15.2. The summed E-state index contributed by atoms with van der Waals surface area (Å²) in [7, 11) is 3.47. The fourth-order valence-corrected chi connectivity index (χ4v) is 15.0. The van der Waals surface area contributed by atoms with E-state index in [0.717, 1.165) is 48.1 Å². The van der Waals surface area contributed by atoms with Crippen LogP contribution in [0.2, 0.25) is 0 Å². The van der Waals surface area contributed by atoms with Crippen LogP contribution < -0.4 is 69.5 Å². The molecule has 0 radical (unpaired) electrons. The van der Waals surface area contributed by atoms with Crippen molar-refractivity contribution in [3.8, 4) is 5.75 Å². The lowest BCUT2D eigenvalue weighted by molar-refractivity contribution is -0.146. The third-order valence-electron chi connectivity index (χ3n) is 15.5. The molecule has 522 valence electrons. The summed E-state index contributed by atoms with van der Waals surface area (Å²) in [6.45, 7) is 5.23. The molecule has 1 aromatic carbocycles.